The molecule has 0 atom stereocenters. The Hall–Kier alpha value is -3.56. The van der Waals surface area contributed by atoms with E-state index in [-0.39, 0.29) is 22.1 Å². The van der Waals surface area contributed by atoms with Gasteiger partial charge >= 0.3 is 5.95 Å². The zero-order chi connectivity index (χ0) is 23.0. The Kier molecular flexibility index (Phi) is 5.43. The van der Waals surface area contributed by atoms with Gasteiger partial charge in [-0.05, 0) is 48.5 Å². The van der Waals surface area contributed by atoms with Gasteiger partial charge in [0.15, 0.2) is 0 Å². The first kappa shape index (κ1) is 21.3. The van der Waals surface area contributed by atoms with E-state index in [1.165, 1.54) is 24.6 Å². The number of nitrogens with zero attached hydrogens (tertiary/aromatic N) is 1. The van der Waals surface area contributed by atoms with Crippen LogP contribution in [-0.2, 0) is 16.6 Å². The third-order valence-corrected chi connectivity index (χ3v) is 7.02. The van der Waals surface area contributed by atoms with Crippen LogP contribution >= 0.6 is 0 Å². The minimum absolute atomic E-state index is 0.0517. The molecule has 4 aromatic rings. The molecular weight excluding hydrogens is 447 g/mol. The fraction of sp³-hybridized carbons (Fsp3) is 0.167. The van der Waals surface area contributed by atoms with E-state index in [1.807, 2.05) is 0 Å². The van der Waals surface area contributed by atoms with Crippen molar-refractivity contribution in [1.29, 1.82) is 0 Å². The van der Waals surface area contributed by atoms with E-state index in [0.29, 0.717) is 42.2 Å². The van der Waals surface area contributed by atoms with Crippen molar-refractivity contribution in [2.24, 2.45) is 0 Å². The van der Waals surface area contributed by atoms with Gasteiger partial charge < -0.3 is 19.2 Å². The Morgan fingerprint density at radius 2 is 1.85 bits per heavy atom. The van der Waals surface area contributed by atoms with Crippen molar-refractivity contribution >= 4 is 10.0 Å². The van der Waals surface area contributed by atoms with Crippen LogP contribution in [0.15, 0.2) is 76.4 Å². The summed E-state index contributed by atoms with van der Waals surface area (Å²) in [4.78, 5) is 0.0517. The summed E-state index contributed by atoms with van der Waals surface area (Å²) >= 11 is 0. The fourth-order valence-corrected chi connectivity index (χ4v) is 5.28. The lowest BCUT2D eigenvalue weighted by molar-refractivity contribution is 0.137. The molecule has 9 heteroatoms. The third kappa shape index (κ3) is 3.79. The summed E-state index contributed by atoms with van der Waals surface area (Å²) < 4.78 is 59.7. The molecular formula is C24H21FN2O5S. The standard InChI is InChI=1S/C24H21FN2O5S/c1-26-13-16-11-22(19-7-2-3-8-21(19)25)27(14-16)33(28,29)18-6-4-5-17(12-18)20-15-32-24-23(20)30-9-10-31-24/h2-8,11-12,14-15,26H,9-10,13H2,1H3. The second kappa shape index (κ2) is 8.42. The maximum Gasteiger partial charge on any atom is 0.329 e. The zero-order valence-electron chi connectivity index (χ0n) is 17.7. The van der Waals surface area contributed by atoms with Gasteiger partial charge in [0, 0.05) is 18.3 Å². The lowest BCUT2D eigenvalue weighted by atomic mass is 10.1. The minimum atomic E-state index is -4.05. The van der Waals surface area contributed by atoms with Gasteiger partial charge in [0.1, 0.15) is 25.3 Å². The Morgan fingerprint density at radius 3 is 2.67 bits per heavy atom. The van der Waals surface area contributed by atoms with Gasteiger partial charge in [-0.2, -0.15) is 0 Å². The molecule has 3 heterocycles. The number of aromatic nitrogens is 1. The molecule has 1 N–H and O–H groups in total. The van der Waals surface area contributed by atoms with E-state index >= 15 is 0 Å². The van der Waals surface area contributed by atoms with Gasteiger partial charge in [-0.25, -0.2) is 16.8 Å². The summed E-state index contributed by atoms with van der Waals surface area (Å²) in [5.74, 6) is 0.215. The predicted octanol–water partition coefficient (Wildman–Crippen LogP) is 4.28. The third-order valence-electron chi connectivity index (χ3n) is 5.35. The lowest BCUT2D eigenvalue weighted by Gasteiger charge is -2.15. The summed E-state index contributed by atoms with van der Waals surface area (Å²) in [7, 11) is -2.29. The molecule has 0 aliphatic carbocycles. The Morgan fingerprint density at radius 1 is 1.03 bits per heavy atom. The number of hydrogen-bond donors (Lipinski definition) is 1. The van der Waals surface area contributed by atoms with Gasteiger partial charge in [0.25, 0.3) is 10.0 Å². The molecule has 0 spiro atoms. The first-order chi connectivity index (χ1) is 16.0. The summed E-state index contributed by atoms with van der Waals surface area (Å²) in [6.45, 7) is 1.19. The van der Waals surface area contributed by atoms with Crippen LogP contribution < -0.4 is 14.8 Å². The number of halogens is 1. The SMILES string of the molecule is CNCc1cc(-c2ccccc2F)n(S(=O)(=O)c2cccc(-c3coc4c3OCCO4)c2)c1. The number of hydrogen-bond acceptors (Lipinski definition) is 6. The van der Waals surface area contributed by atoms with Crippen molar-refractivity contribution in [2.75, 3.05) is 20.3 Å². The van der Waals surface area contributed by atoms with Gasteiger partial charge in [-0.15, -0.1) is 0 Å². The van der Waals surface area contributed by atoms with E-state index < -0.39 is 15.8 Å². The van der Waals surface area contributed by atoms with Crippen molar-refractivity contribution in [3.8, 4) is 34.1 Å². The lowest BCUT2D eigenvalue weighted by Crippen LogP contribution is -2.15. The predicted molar refractivity (Wildman–Crippen MR) is 120 cm³/mol. The highest BCUT2D eigenvalue weighted by Crippen LogP contribution is 2.42. The van der Waals surface area contributed by atoms with Crippen LogP contribution in [0.3, 0.4) is 0 Å². The van der Waals surface area contributed by atoms with E-state index in [9.17, 15) is 12.8 Å². The van der Waals surface area contributed by atoms with Crippen molar-refractivity contribution in [3.63, 3.8) is 0 Å². The number of fused-ring (bicyclic) bond motifs is 1. The molecule has 0 saturated heterocycles. The molecule has 2 aromatic heterocycles. The number of furan rings is 1. The van der Waals surface area contributed by atoms with Crippen LogP contribution in [0.2, 0.25) is 0 Å². The molecule has 1 aliphatic rings. The Bertz CT molecular complexity index is 1420. The van der Waals surface area contributed by atoms with Crippen LogP contribution in [0.4, 0.5) is 4.39 Å². The second-order valence-electron chi connectivity index (χ2n) is 7.54. The number of nitrogens with one attached hydrogen (secondary N) is 1. The fourth-order valence-electron chi connectivity index (χ4n) is 3.84. The molecule has 0 radical (unpaired) electrons. The van der Waals surface area contributed by atoms with Crippen LogP contribution in [0.1, 0.15) is 5.56 Å². The van der Waals surface area contributed by atoms with Gasteiger partial charge in [0.2, 0.25) is 5.75 Å². The molecule has 0 saturated carbocycles. The minimum Gasteiger partial charge on any atom is -0.483 e. The van der Waals surface area contributed by atoms with Crippen molar-refractivity contribution in [2.45, 2.75) is 11.4 Å². The van der Waals surface area contributed by atoms with E-state index in [4.69, 9.17) is 13.9 Å². The topological polar surface area (TPSA) is 82.7 Å². The maximum absolute atomic E-state index is 14.6. The number of ether oxygens (including phenoxy) is 2. The molecule has 2 aromatic carbocycles. The van der Waals surface area contributed by atoms with E-state index in [1.54, 1.807) is 49.5 Å². The largest absolute Gasteiger partial charge is 0.483 e. The zero-order valence-corrected chi connectivity index (χ0v) is 18.6. The van der Waals surface area contributed by atoms with Crippen LogP contribution in [0, 0.1) is 5.82 Å². The molecule has 7 nitrogen and oxygen atoms in total. The van der Waals surface area contributed by atoms with Crippen LogP contribution in [0.25, 0.3) is 22.4 Å². The second-order valence-corrected chi connectivity index (χ2v) is 9.35. The molecule has 0 fully saturated rings. The summed E-state index contributed by atoms with van der Waals surface area (Å²) in [6.07, 6.45) is 2.99. The Balaban J connectivity index is 1.62. The molecule has 0 amide bonds. The molecule has 170 valence electrons. The molecule has 0 bridgehead atoms. The Labute approximate surface area is 190 Å². The van der Waals surface area contributed by atoms with Gasteiger partial charge in [-0.1, -0.05) is 24.3 Å². The van der Waals surface area contributed by atoms with Crippen molar-refractivity contribution in [1.82, 2.24) is 9.29 Å². The van der Waals surface area contributed by atoms with Gasteiger partial charge in [0.05, 0.1) is 16.2 Å². The molecule has 0 unspecified atom stereocenters. The molecule has 5 rings (SSSR count). The highest BCUT2D eigenvalue weighted by Gasteiger charge is 2.26. The first-order valence-electron chi connectivity index (χ1n) is 10.3. The molecule has 1 aliphatic heterocycles. The number of benzene rings is 2. The van der Waals surface area contributed by atoms with Crippen molar-refractivity contribution in [3.05, 3.63) is 78.4 Å². The van der Waals surface area contributed by atoms with Crippen LogP contribution in [0.5, 0.6) is 11.7 Å². The average molecular weight is 469 g/mol. The monoisotopic (exact) mass is 468 g/mol. The van der Waals surface area contributed by atoms with E-state index in [2.05, 4.69) is 5.32 Å². The molecule has 33 heavy (non-hydrogen) atoms. The highest BCUT2D eigenvalue weighted by molar-refractivity contribution is 7.90. The first-order valence-corrected chi connectivity index (χ1v) is 11.8. The maximum atomic E-state index is 14.6. The quantitative estimate of drug-likeness (QED) is 0.455. The highest BCUT2D eigenvalue weighted by atomic mass is 32.2. The van der Waals surface area contributed by atoms with Crippen LogP contribution in [-0.4, -0.2) is 32.7 Å². The van der Waals surface area contributed by atoms with Gasteiger partial charge in [-0.3, -0.25) is 0 Å². The average Bonchev–Trinajstić information content (AvgIpc) is 3.45. The normalized spacial score (nSPS) is 13.3. The number of rotatable bonds is 6. The van der Waals surface area contributed by atoms with Crippen molar-refractivity contribution < 1.29 is 26.7 Å². The summed E-state index contributed by atoms with van der Waals surface area (Å²) in [5, 5.41) is 3.00. The summed E-state index contributed by atoms with van der Waals surface area (Å²) in [5.41, 5.74) is 2.36. The van der Waals surface area contributed by atoms with E-state index in [0.717, 1.165) is 3.97 Å². The smallest absolute Gasteiger partial charge is 0.329 e. The summed E-state index contributed by atoms with van der Waals surface area (Å²) in [6, 6.07) is 14.2.